The molecule has 0 aliphatic rings. The molecule has 6 heteroatoms. The summed E-state index contributed by atoms with van der Waals surface area (Å²) in [4.78, 5) is 10.6. The quantitative estimate of drug-likeness (QED) is 0.411. The molecule has 0 saturated heterocycles. The normalized spacial score (nSPS) is 10.3. The van der Waals surface area contributed by atoms with E-state index in [4.69, 9.17) is 18.9 Å². The molecule has 0 bridgehead atoms. The van der Waals surface area contributed by atoms with Gasteiger partial charge in [0.25, 0.3) is 0 Å². The summed E-state index contributed by atoms with van der Waals surface area (Å²) in [7, 11) is 1.56. The Balaban J connectivity index is 2.41. The van der Waals surface area contributed by atoms with Crippen molar-refractivity contribution in [2.75, 3.05) is 27.1 Å². The highest BCUT2D eigenvalue weighted by atomic mass is 19.1. The Bertz CT molecular complexity index is 408. The van der Waals surface area contributed by atoms with Crippen molar-refractivity contribution in [3.05, 3.63) is 29.6 Å². The predicted molar refractivity (Wildman–Crippen MR) is 65.2 cm³/mol. The van der Waals surface area contributed by atoms with E-state index in [1.54, 1.807) is 13.2 Å². The number of esters is 1. The molecule has 1 aromatic rings. The fourth-order valence-electron chi connectivity index (χ4n) is 1.24. The van der Waals surface area contributed by atoms with E-state index in [0.29, 0.717) is 18.8 Å². The highest BCUT2D eigenvalue weighted by Gasteiger charge is 2.06. The highest BCUT2D eigenvalue weighted by molar-refractivity contribution is 5.65. The first kappa shape index (κ1) is 15.4. The van der Waals surface area contributed by atoms with Crippen LogP contribution in [0.1, 0.15) is 12.5 Å². The van der Waals surface area contributed by atoms with Crippen molar-refractivity contribution < 1.29 is 28.1 Å². The third-order valence-electron chi connectivity index (χ3n) is 2.17. The van der Waals surface area contributed by atoms with E-state index in [-0.39, 0.29) is 19.1 Å². The number of benzene rings is 1. The molecule has 0 N–H and O–H groups in total. The SMILES string of the molecule is COCCOCOc1ccc(COC(C)=O)cc1F. The van der Waals surface area contributed by atoms with Gasteiger partial charge in [0, 0.05) is 14.0 Å². The van der Waals surface area contributed by atoms with Crippen LogP contribution in [0.3, 0.4) is 0 Å². The molecule has 0 spiro atoms. The third kappa shape index (κ3) is 6.17. The van der Waals surface area contributed by atoms with Gasteiger partial charge in [0.05, 0.1) is 13.2 Å². The van der Waals surface area contributed by atoms with Crippen LogP contribution in [-0.2, 0) is 25.6 Å². The van der Waals surface area contributed by atoms with Gasteiger partial charge in [-0.05, 0) is 17.7 Å². The van der Waals surface area contributed by atoms with Gasteiger partial charge in [-0.25, -0.2) is 4.39 Å². The molecule has 0 radical (unpaired) electrons. The van der Waals surface area contributed by atoms with E-state index < -0.39 is 11.8 Å². The summed E-state index contributed by atoms with van der Waals surface area (Å²) in [5, 5.41) is 0. The summed E-state index contributed by atoms with van der Waals surface area (Å²) >= 11 is 0. The summed E-state index contributed by atoms with van der Waals surface area (Å²) in [6, 6.07) is 4.35. The monoisotopic (exact) mass is 272 g/mol. The molecule has 19 heavy (non-hydrogen) atoms. The van der Waals surface area contributed by atoms with Crippen LogP contribution >= 0.6 is 0 Å². The van der Waals surface area contributed by atoms with Gasteiger partial charge in [0.2, 0.25) is 0 Å². The fraction of sp³-hybridized carbons (Fsp3) is 0.462. The van der Waals surface area contributed by atoms with Crippen molar-refractivity contribution in [3.8, 4) is 5.75 Å². The summed E-state index contributed by atoms with van der Waals surface area (Å²) in [5.41, 5.74) is 0.556. The lowest BCUT2D eigenvalue weighted by Crippen LogP contribution is -2.08. The van der Waals surface area contributed by atoms with Gasteiger partial charge in [-0.15, -0.1) is 0 Å². The fourth-order valence-corrected chi connectivity index (χ4v) is 1.24. The van der Waals surface area contributed by atoms with Gasteiger partial charge in [0.1, 0.15) is 6.61 Å². The highest BCUT2D eigenvalue weighted by Crippen LogP contribution is 2.18. The minimum Gasteiger partial charge on any atom is -0.464 e. The van der Waals surface area contributed by atoms with Crippen LogP contribution in [0.15, 0.2) is 18.2 Å². The lowest BCUT2D eigenvalue weighted by molar-refractivity contribution is -0.142. The maximum atomic E-state index is 13.6. The maximum Gasteiger partial charge on any atom is 0.302 e. The molecule has 0 fully saturated rings. The van der Waals surface area contributed by atoms with E-state index in [9.17, 15) is 9.18 Å². The van der Waals surface area contributed by atoms with E-state index in [1.807, 2.05) is 0 Å². The number of carbonyl (C=O) groups is 1. The molecule has 0 aromatic heterocycles. The van der Waals surface area contributed by atoms with Crippen LogP contribution in [0.4, 0.5) is 4.39 Å². The largest absolute Gasteiger partial charge is 0.464 e. The van der Waals surface area contributed by atoms with Gasteiger partial charge in [-0.2, -0.15) is 0 Å². The Hall–Kier alpha value is -1.66. The van der Waals surface area contributed by atoms with Crippen molar-refractivity contribution in [1.82, 2.24) is 0 Å². The van der Waals surface area contributed by atoms with Crippen LogP contribution in [0.2, 0.25) is 0 Å². The predicted octanol–water partition coefficient (Wildman–Crippen LogP) is 1.89. The molecule has 106 valence electrons. The average molecular weight is 272 g/mol. The zero-order valence-corrected chi connectivity index (χ0v) is 11.0. The zero-order valence-electron chi connectivity index (χ0n) is 11.0. The molecule has 1 rings (SSSR count). The second-order valence-corrected chi connectivity index (χ2v) is 3.71. The summed E-state index contributed by atoms with van der Waals surface area (Å²) in [6.45, 7) is 2.11. The molecule has 5 nitrogen and oxygen atoms in total. The first-order valence-electron chi connectivity index (χ1n) is 5.74. The second-order valence-electron chi connectivity index (χ2n) is 3.71. The molecule has 0 atom stereocenters. The first-order valence-corrected chi connectivity index (χ1v) is 5.74. The standard InChI is InChI=1S/C13H17FO5/c1-10(15)18-8-11-3-4-13(12(14)7-11)19-9-17-6-5-16-2/h3-4,7H,5-6,8-9H2,1-2H3. The Kier molecular flexibility index (Phi) is 6.84. The number of rotatable bonds is 8. The molecule has 0 heterocycles. The number of halogens is 1. The van der Waals surface area contributed by atoms with E-state index in [2.05, 4.69) is 0 Å². The number of hydrogen-bond acceptors (Lipinski definition) is 5. The van der Waals surface area contributed by atoms with E-state index >= 15 is 0 Å². The van der Waals surface area contributed by atoms with Crippen LogP contribution in [0, 0.1) is 5.82 Å². The van der Waals surface area contributed by atoms with Gasteiger partial charge in [-0.3, -0.25) is 4.79 Å². The van der Waals surface area contributed by atoms with Crippen molar-refractivity contribution >= 4 is 5.97 Å². The Morgan fingerprint density at radius 1 is 1.32 bits per heavy atom. The van der Waals surface area contributed by atoms with Gasteiger partial charge < -0.3 is 18.9 Å². The molecule has 0 aliphatic carbocycles. The smallest absolute Gasteiger partial charge is 0.302 e. The number of carbonyl (C=O) groups excluding carboxylic acids is 1. The average Bonchev–Trinajstić information content (AvgIpc) is 2.38. The summed E-state index contributed by atoms with van der Waals surface area (Å²) in [6.07, 6.45) is 0. The first-order chi connectivity index (χ1) is 9.13. The summed E-state index contributed by atoms with van der Waals surface area (Å²) < 4.78 is 33.3. The molecule has 0 saturated carbocycles. The van der Waals surface area contributed by atoms with Crippen molar-refractivity contribution in [1.29, 1.82) is 0 Å². The number of methoxy groups -OCH3 is 1. The lowest BCUT2D eigenvalue weighted by Gasteiger charge is -2.09. The molecular weight excluding hydrogens is 255 g/mol. The third-order valence-corrected chi connectivity index (χ3v) is 2.17. The Morgan fingerprint density at radius 2 is 2.11 bits per heavy atom. The molecule has 1 aromatic carbocycles. The van der Waals surface area contributed by atoms with Gasteiger partial charge in [0.15, 0.2) is 18.4 Å². The number of hydrogen-bond donors (Lipinski definition) is 0. The lowest BCUT2D eigenvalue weighted by atomic mass is 10.2. The Labute approximate surface area is 111 Å². The van der Waals surface area contributed by atoms with Crippen molar-refractivity contribution in [2.45, 2.75) is 13.5 Å². The summed E-state index contributed by atoms with van der Waals surface area (Å²) in [5.74, 6) is -0.851. The Morgan fingerprint density at radius 3 is 2.74 bits per heavy atom. The minimum absolute atomic E-state index is 0.0386. The van der Waals surface area contributed by atoms with Crippen molar-refractivity contribution in [2.24, 2.45) is 0 Å². The molecule has 0 amide bonds. The minimum atomic E-state index is -0.528. The number of ether oxygens (including phenoxy) is 4. The van der Waals surface area contributed by atoms with Crippen LogP contribution in [0.5, 0.6) is 5.75 Å². The zero-order chi connectivity index (χ0) is 14.1. The van der Waals surface area contributed by atoms with E-state index in [0.717, 1.165) is 0 Å². The van der Waals surface area contributed by atoms with Gasteiger partial charge in [-0.1, -0.05) is 6.07 Å². The maximum absolute atomic E-state index is 13.6. The van der Waals surface area contributed by atoms with Crippen LogP contribution < -0.4 is 4.74 Å². The molecule has 0 unspecified atom stereocenters. The van der Waals surface area contributed by atoms with Crippen LogP contribution in [-0.4, -0.2) is 33.1 Å². The molecular formula is C13H17FO5. The van der Waals surface area contributed by atoms with E-state index in [1.165, 1.54) is 19.1 Å². The second kappa shape index (κ2) is 8.44. The molecule has 0 aliphatic heterocycles. The topological polar surface area (TPSA) is 54.0 Å². The van der Waals surface area contributed by atoms with Crippen molar-refractivity contribution in [3.63, 3.8) is 0 Å². The van der Waals surface area contributed by atoms with Crippen LogP contribution in [0.25, 0.3) is 0 Å². The van der Waals surface area contributed by atoms with Gasteiger partial charge >= 0.3 is 5.97 Å².